The Kier molecular flexibility index (Phi) is 5.26. The number of benzene rings is 1. The highest BCUT2D eigenvalue weighted by Crippen LogP contribution is 2.16. The first-order chi connectivity index (χ1) is 11.3. The molecule has 0 saturated carbocycles. The molecule has 2 heterocycles. The normalized spacial score (nSPS) is 14.6. The van der Waals surface area contributed by atoms with Gasteiger partial charge in [-0.05, 0) is 19.1 Å². The summed E-state index contributed by atoms with van der Waals surface area (Å²) in [6.45, 7) is 6.40. The van der Waals surface area contributed by atoms with Gasteiger partial charge >= 0.3 is 0 Å². The van der Waals surface area contributed by atoms with Crippen LogP contribution >= 0.6 is 0 Å². The van der Waals surface area contributed by atoms with E-state index in [0.29, 0.717) is 13.2 Å². The number of aromatic nitrogens is 2. The summed E-state index contributed by atoms with van der Waals surface area (Å²) in [7, 11) is 0. The van der Waals surface area contributed by atoms with Gasteiger partial charge in [-0.3, -0.25) is 0 Å². The Morgan fingerprint density at radius 2 is 2.00 bits per heavy atom. The second-order valence-corrected chi connectivity index (χ2v) is 5.39. The van der Waals surface area contributed by atoms with E-state index in [2.05, 4.69) is 20.2 Å². The lowest BCUT2D eigenvalue weighted by molar-refractivity contribution is 0.122. The maximum Gasteiger partial charge on any atom is 0.227 e. The molecule has 1 fully saturated rings. The van der Waals surface area contributed by atoms with Crippen molar-refractivity contribution in [1.29, 1.82) is 0 Å². The molecule has 2 aromatic rings. The molecule has 6 heteroatoms. The molecule has 1 N–H and O–H groups in total. The first-order valence-electron chi connectivity index (χ1n) is 7.91. The van der Waals surface area contributed by atoms with E-state index >= 15 is 0 Å². The molecular formula is C17H22N4O2. The molecule has 0 spiro atoms. The maximum absolute atomic E-state index is 5.68. The molecule has 1 aromatic heterocycles. The van der Waals surface area contributed by atoms with E-state index in [1.54, 1.807) is 0 Å². The number of anilines is 2. The van der Waals surface area contributed by atoms with Gasteiger partial charge in [-0.25, -0.2) is 4.98 Å². The lowest BCUT2D eigenvalue weighted by Crippen LogP contribution is -2.37. The van der Waals surface area contributed by atoms with Crippen LogP contribution < -0.4 is 15.0 Å². The molecule has 0 amide bonds. The van der Waals surface area contributed by atoms with E-state index in [0.717, 1.165) is 49.4 Å². The van der Waals surface area contributed by atoms with Crippen molar-refractivity contribution in [2.45, 2.75) is 6.92 Å². The van der Waals surface area contributed by atoms with Gasteiger partial charge in [0, 0.05) is 24.8 Å². The Balaban J connectivity index is 1.54. The van der Waals surface area contributed by atoms with Gasteiger partial charge in [0.15, 0.2) is 0 Å². The van der Waals surface area contributed by atoms with Gasteiger partial charge in [0.05, 0.1) is 19.8 Å². The van der Waals surface area contributed by atoms with E-state index in [-0.39, 0.29) is 0 Å². The van der Waals surface area contributed by atoms with Crippen LogP contribution in [0.4, 0.5) is 11.8 Å². The minimum atomic E-state index is 0.584. The van der Waals surface area contributed by atoms with E-state index in [9.17, 15) is 0 Å². The molecule has 23 heavy (non-hydrogen) atoms. The largest absolute Gasteiger partial charge is 0.492 e. The minimum absolute atomic E-state index is 0.584. The molecule has 6 nitrogen and oxygen atoms in total. The number of hydrogen-bond acceptors (Lipinski definition) is 6. The number of ether oxygens (including phenoxy) is 2. The van der Waals surface area contributed by atoms with Gasteiger partial charge in [-0.2, -0.15) is 4.98 Å². The van der Waals surface area contributed by atoms with Gasteiger partial charge in [-0.1, -0.05) is 18.2 Å². The summed E-state index contributed by atoms with van der Waals surface area (Å²) < 4.78 is 11.0. The maximum atomic E-state index is 5.68. The number of morpholine rings is 1. The second kappa shape index (κ2) is 7.78. The summed E-state index contributed by atoms with van der Waals surface area (Å²) >= 11 is 0. The predicted octanol–water partition coefficient (Wildman–Crippen LogP) is 2.11. The lowest BCUT2D eigenvalue weighted by Gasteiger charge is -2.27. The SMILES string of the molecule is Cc1cnc(N2CCOCC2)nc1NCCOc1ccccc1. The molecule has 122 valence electrons. The van der Waals surface area contributed by atoms with Gasteiger partial charge < -0.3 is 19.7 Å². The number of hydrogen-bond donors (Lipinski definition) is 1. The summed E-state index contributed by atoms with van der Waals surface area (Å²) in [6, 6.07) is 9.80. The summed E-state index contributed by atoms with van der Waals surface area (Å²) in [4.78, 5) is 11.2. The summed E-state index contributed by atoms with van der Waals surface area (Å²) in [5.41, 5.74) is 1.03. The Labute approximate surface area is 136 Å². The van der Waals surface area contributed by atoms with Crippen molar-refractivity contribution in [2.75, 3.05) is 49.7 Å². The Bertz CT molecular complexity index is 615. The zero-order chi connectivity index (χ0) is 15.9. The molecule has 1 aliphatic rings. The minimum Gasteiger partial charge on any atom is -0.492 e. The van der Waals surface area contributed by atoms with E-state index in [1.807, 2.05) is 43.5 Å². The van der Waals surface area contributed by atoms with Crippen LogP contribution in [0.15, 0.2) is 36.5 Å². The van der Waals surface area contributed by atoms with Gasteiger partial charge in [0.1, 0.15) is 18.2 Å². The van der Waals surface area contributed by atoms with Crippen molar-refractivity contribution in [3.63, 3.8) is 0 Å². The van der Waals surface area contributed by atoms with Crippen LogP contribution in [0.25, 0.3) is 0 Å². The number of nitrogens with zero attached hydrogens (tertiary/aromatic N) is 3. The molecule has 0 aliphatic carbocycles. The smallest absolute Gasteiger partial charge is 0.227 e. The lowest BCUT2D eigenvalue weighted by atomic mass is 10.3. The van der Waals surface area contributed by atoms with Crippen LogP contribution in [0.3, 0.4) is 0 Å². The molecule has 0 atom stereocenters. The first-order valence-corrected chi connectivity index (χ1v) is 7.91. The zero-order valence-electron chi connectivity index (χ0n) is 13.4. The van der Waals surface area contributed by atoms with E-state index in [4.69, 9.17) is 9.47 Å². The topological polar surface area (TPSA) is 59.5 Å². The highest BCUT2D eigenvalue weighted by molar-refractivity contribution is 5.47. The molecule has 1 saturated heterocycles. The Morgan fingerprint density at radius 1 is 1.22 bits per heavy atom. The zero-order valence-corrected chi connectivity index (χ0v) is 13.4. The number of nitrogens with one attached hydrogen (secondary N) is 1. The third-order valence-corrected chi connectivity index (χ3v) is 3.66. The molecule has 0 bridgehead atoms. The van der Waals surface area contributed by atoms with Crippen LogP contribution in [0.5, 0.6) is 5.75 Å². The highest BCUT2D eigenvalue weighted by atomic mass is 16.5. The third kappa shape index (κ3) is 4.32. The standard InChI is InChI=1S/C17H22N4O2/c1-14-13-19-17(21-8-11-22-12-9-21)20-16(14)18-7-10-23-15-5-3-2-4-6-15/h2-6,13H,7-12H2,1H3,(H,18,19,20). The van der Waals surface area contributed by atoms with Crippen molar-refractivity contribution in [1.82, 2.24) is 9.97 Å². The van der Waals surface area contributed by atoms with Crippen molar-refractivity contribution in [2.24, 2.45) is 0 Å². The average Bonchev–Trinajstić information content (AvgIpc) is 2.62. The number of rotatable bonds is 6. The van der Waals surface area contributed by atoms with Crippen molar-refractivity contribution >= 4 is 11.8 Å². The Hall–Kier alpha value is -2.34. The third-order valence-electron chi connectivity index (χ3n) is 3.66. The Morgan fingerprint density at radius 3 is 2.78 bits per heavy atom. The highest BCUT2D eigenvalue weighted by Gasteiger charge is 2.14. The molecular weight excluding hydrogens is 292 g/mol. The van der Waals surface area contributed by atoms with Gasteiger partial charge in [0.2, 0.25) is 5.95 Å². The molecule has 0 radical (unpaired) electrons. The molecule has 3 rings (SSSR count). The van der Waals surface area contributed by atoms with Crippen LogP contribution in [0.2, 0.25) is 0 Å². The van der Waals surface area contributed by atoms with Crippen LogP contribution in [0, 0.1) is 6.92 Å². The van der Waals surface area contributed by atoms with E-state index in [1.165, 1.54) is 0 Å². The summed E-state index contributed by atoms with van der Waals surface area (Å²) in [5.74, 6) is 2.49. The fourth-order valence-electron chi connectivity index (χ4n) is 2.38. The number of para-hydroxylation sites is 1. The van der Waals surface area contributed by atoms with Crippen molar-refractivity contribution < 1.29 is 9.47 Å². The monoisotopic (exact) mass is 314 g/mol. The number of aryl methyl sites for hydroxylation is 1. The molecule has 1 aliphatic heterocycles. The quantitative estimate of drug-likeness (QED) is 0.824. The fraction of sp³-hybridized carbons (Fsp3) is 0.412. The van der Waals surface area contributed by atoms with E-state index < -0.39 is 0 Å². The van der Waals surface area contributed by atoms with Gasteiger partial charge in [0.25, 0.3) is 0 Å². The molecule has 1 aromatic carbocycles. The van der Waals surface area contributed by atoms with Crippen molar-refractivity contribution in [3.05, 3.63) is 42.1 Å². The van der Waals surface area contributed by atoms with Crippen LogP contribution in [0.1, 0.15) is 5.56 Å². The van der Waals surface area contributed by atoms with Crippen LogP contribution in [-0.2, 0) is 4.74 Å². The molecule has 0 unspecified atom stereocenters. The van der Waals surface area contributed by atoms with Gasteiger partial charge in [-0.15, -0.1) is 0 Å². The van der Waals surface area contributed by atoms with Crippen molar-refractivity contribution in [3.8, 4) is 5.75 Å². The van der Waals surface area contributed by atoms with Crippen LogP contribution in [-0.4, -0.2) is 49.4 Å². The second-order valence-electron chi connectivity index (χ2n) is 5.39. The predicted molar refractivity (Wildman–Crippen MR) is 90.2 cm³/mol. The first kappa shape index (κ1) is 15.6. The average molecular weight is 314 g/mol. The summed E-state index contributed by atoms with van der Waals surface area (Å²) in [6.07, 6.45) is 1.86. The summed E-state index contributed by atoms with van der Waals surface area (Å²) in [5, 5.41) is 3.33. The fourth-order valence-corrected chi connectivity index (χ4v) is 2.38.